The third-order valence-electron chi connectivity index (χ3n) is 2.25. The summed E-state index contributed by atoms with van der Waals surface area (Å²) >= 11 is 0.980. The minimum absolute atomic E-state index is 0.116. The minimum atomic E-state index is -4.90. The zero-order valence-corrected chi connectivity index (χ0v) is 10.2. The van der Waals surface area contributed by atoms with Gasteiger partial charge in [-0.25, -0.2) is 0 Å². The molecular weight excluding hydrogens is 255 g/mol. The molecule has 0 aliphatic carbocycles. The van der Waals surface area contributed by atoms with E-state index < -0.39 is 12.1 Å². The molecule has 4 nitrogen and oxygen atoms in total. The van der Waals surface area contributed by atoms with Gasteiger partial charge in [-0.3, -0.25) is 10.1 Å². The minimum Gasteiger partial charge on any atom is -0.293 e. The summed E-state index contributed by atoms with van der Waals surface area (Å²) < 4.78 is 35.9. The molecule has 1 heterocycles. The highest BCUT2D eigenvalue weighted by molar-refractivity contribution is 7.15. The van der Waals surface area contributed by atoms with Crippen LogP contribution in [-0.4, -0.2) is 22.3 Å². The van der Waals surface area contributed by atoms with E-state index in [9.17, 15) is 18.0 Å². The number of aromatic nitrogens is 2. The van der Waals surface area contributed by atoms with Crippen LogP contribution < -0.4 is 5.32 Å². The molecule has 0 saturated carbocycles. The van der Waals surface area contributed by atoms with E-state index in [1.165, 1.54) is 0 Å². The predicted octanol–water partition coefficient (Wildman–Crippen LogP) is 2.94. The Morgan fingerprint density at radius 3 is 2.41 bits per heavy atom. The smallest absolute Gasteiger partial charge is 0.293 e. The van der Waals surface area contributed by atoms with E-state index >= 15 is 0 Å². The number of nitrogens with one attached hydrogen (secondary N) is 1. The molecule has 17 heavy (non-hydrogen) atoms. The molecule has 8 heteroatoms. The van der Waals surface area contributed by atoms with Crippen molar-refractivity contribution >= 4 is 22.4 Å². The number of hydrogen-bond donors (Lipinski definition) is 1. The van der Waals surface area contributed by atoms with Gasteiger partial charge in [0.25, 0.3) is 0 Å². The fourth-order valence-electron chi connectivity index (χ4n) is 1.26. The molecule has 1 aromatic rings. The Hall–Kier alpha value is -1.18. The highest BCUT2D eigenvalue weighted by atomic mass is 32.1. The average molecular weight is 267 g/mol. The Kier molecular flexibility index (Phi) is 4.44. The number of halogens is 3. The van der Waals surface area contributed by atoms with Crippen LogP contribution in [0.2, 0.25) is 0 Å². The van der Waals surface area contributed by atoms with Crippen LogP contribution in [-0.2, 0) is 4.79 Å². The van der Waals surface area contributed by atoms with Gasteiger partial charge in [0.15, 0.2) is 0 Å². The van der Waals surface area contributed by atoms with Gasteiger partial charge in [0.2, 0.25) is 5.13 Å². The summed E-state index contributed by atoms with van der Waals surface area (Å²) in [7, 11) is 0. The topological polar surface area (TPSA) is 54.9 Å². The van der Waals surface area contributed by atoms with Crippen LogP contribution in [0.3, 0.4) is 0 Å². The second-order valence-electron chi connectivity index (χ2n) is 3.41. The summed E-state index contributed by atoms with van der Waals surface area (Å²) in [6.07, 6.45) is -3.24. The van der Waals surface area contributed by atoms with Crippen LogP contribution in [0.1, 0.15) is 37.6 Å². The molecule has 1 N–H and O–H groups in total. The van der Waals surface area contributed by atoms with Gasteiger partial charge in [0.1, 0.15) is 5.01 Å². The normalized spacial score (nSPS) is 11.9. The zero-order valence-electron chi connectivity index (χ0n) is 9.34. The predicted molar refractivity (Wildman–Crippen MR) is 57.9 cm³/mol. The second kappa shape index (κ2) is 5.44. The molecule has 0 spiro atoms. The number of nitrogens with zero attached hydrogens (tertiary/aromatic N) is 2. The Morgan fingerprint density at radius 2 is 1.94 bits per heavy atom. The van der Waals surface area contributed by atoms with Crippen molar-refractivity contribution in [3.05, 3.63) is 5.01 Å². The van der Waals surface area contributed by atoms with Crippen molar-refractivity contribution in [1.29, 1.82) is 0 Å². The lowest BCUT2D eigenvalue weighted by molar-refractivity contribution is -0.167. The van der Waals surface area contributed by atoms with Crippen molar-refractivity contribution in [1.82, 2.24) is 10.2 Å². The first kappa shape index (κ1) is 13.9. The van der Waals surface area contributed by atoms with Gasteiger partial charge in [-0.2, -0.15) is 13.2 Å². The Labute approximate surface area is 100 Å². The van der Waals surface area contributed by atoms with Gasteiger partial charge in [-0.1, -0.05) is 25.2 Å². The van der Waals surface area contributed by atoms with E-state index in [0.717, 1.165) is 24.2 Å². The number of carbonyl (C=O) groups excluding carboxylic acids is 1. The molecule has 1 aromatic heterocycles. The van der Waals surface area contributed by atoms with E-state index in [1.807, 2.05) is 13.8 Å². The van der Waals surface area contributed by atoms with Crippen molar-refractivity contribution in [2.24, 2.45) is 0 Å². The highest BCUT2D eigenvalue weighted by Crippen LogP contribution is 2.28. The number of amides is 1. The lowest BCUT2D eigenvalue weighted by atomic mass is 10.1. The number of carbonyl (C=O) groups is 1. The fourth-order valence-corrected chi connectivity index (χ4v) is 2.26. The highest BCUT2D eigenvalue weighted by Gasteiger charge is 2.39. The molecule has 0 radical (unpaired) electrons. The molecule has 1 rings (SSSR count). The summed E-state index contributed by atoms with van der Waals surface area (Å²) in [5.41, 5.74) is 0. The van der Waals surface area contributed by atoms with Crippen molar-refractivity contribution in [2.45, 2.75) is 38.8 Å². The van der Waals surface area contributed by atoms with Gasteiger partial charge in [0, 0.05) is 5.92 Å². The van der Waals surface area contributed by atoms with E-state index in [0.29, 0.717) is 5.01 Å². The Morgan fingerprint density at radius 1 is 1.35 bits per heavy atom. The number of anilines is 1. The average Bonchev–Trinajstić information content (AvgIpc) is 2.67. The molecule has 0 unspecified atom stereocenters. The number of hydrogen-bond acceptors (Lipinski definition) is 4. The third-order valence-corrected chi connectivity index (χ3v) is 3.25. The maximum Gasteiger partial charge on any atom is 0.471 e. The first-order chi connectivity index (χ1) is 7.88. The van der Waals surface area contributed by atoms with E-state index in [4.69, 9.17) is 0 Å². The summed E-state index contributed by atoms with van der Waals surface area (Å²) in [5.74, 6) is -1.85. The van der Waals surface area contributed by atoms with Crippen LogP contribution in [0.15, 0.2) is 0 Å². The zero-order chi connectivity index (χ0) is 13.1. The summed E-state index contributed by atoms with van der Waals surface area (Å²) in [4.78, 5) is 10.7. The SMILES string of the molecule is CCC(CC)c1nnc(NC(=O)C(F)(F)F)s1. The largest absolute Gasteiger partial charge is 0.471 e. The van der Waals surface area contributed by atoms with Gasteiger partial charge >= 0.3 is 12.1 Å². The summed E-state index contributed by atoms with van der Waals surface area (Å²) in [6.45, 7) is 3.92. The van der Waals surface area contributed by atoms with Gasteiger partial charge in [-0.15, -0.1) is 10.2 Å². The second-order valence-corrected chi connectivity index (χ2v) is 4.42. The first-order valence-corrected chi connectivity index (χ1v) is 5.91. The molecule has 0 fully saturated rings. The first-order valence-electron chi connectivity index (χ1n) is 5.10. The molecule has 1 amide bonds. The molecule has 0 aliphatic rings. The van der Waals surface area contributed by atoms with Crippen LogP contribution >= 0.6 is 11.3 Å². The lowest BCUT2D eigenvalue weighted by Gasteiger charge is -2.06. The fraction of sp³-hybridized carbons (Fsp3) is 0.667. The third kappa shape index (κ3) is 3.65. The van der Waals surface area contributed by atoms with E-state index in [1.54, 1.807) is 5.32 Å². The quantitative estimate of drug-likeness (QED) is 0.912. The van der Waals surface area contributed by atoms with Crippen molar-refractivity contribution < 1.29 is 18.0 Å². The van der Waals surface area contributed by atoms with Crippen molar-refractivity contribution in [2.75, 3.05) is 5.32 Å². The van der Waals surface area contributed by atoms with Crippen LogP contribution in [0.5, 0.6) is 0 Å². The van der Waals surface area contributed by atoms with Gasteiger partial charge in [0.05, 0.1) is 0 Å². The van der Waals surface area contributed by atoms with Crippen molar-refractivity contribution in [3.8, 4) is 0 Å². The van der Waals surface area contributed by atoms with E-state index in [-0.39, 0.29) is 11.0 Å². The molecule has 0 saturated heterocycles. The van der Waals surface area contributed by atoms with Gasteiger partial charge < -0.3 is 0 Å². The van der Waals surface area contributed by atoms with Crippen LogP contribution in [0.25, 0.3) is 0 Å². The van der Waals surface area contributed by atoms with E-state index in [2.05, 4.69) is 10.2 Å². The Bertz CT molecular complexity index is 387. The summed E-state index contributed by atoms with van der Waals surface area (Å²) in [5, 5.41) is 9.52. The molecular formula is C9H12F3N3OS. The van der Waals surface area contributed by atoms with Gasteiger partial charge in [-0.05, 0) is 12.8 Å². The maximum atomic E-state index is 12.0. The molecule has 96 valence electrons. The number of rotatable bonds is 4. The maximum absolute atomic E-state index is 12.0. The molecule has 0 bridgehead atoms. The molecule has 0 aromatic carbocycles. The van der Waals surface area contributed by atoms with Crippen LogP contribution in [0, 0.1) is 0 Å². The Balaban J connectivity index is 2.72. The lowest BCUT2D eigenvalue weighted by Crippen LogP contribution is -2.29. The molecule has 0 atom stereocenters. The number of alkyl halides is 3. The molecule has 0 aliphatic heterocycles. The standard InChI is InChI=1S/C9H12F3N3OS/c1-3-5(4-2)6-14-15-8(17-6)13-7(16)9(10,11)12/h5H,3-4H2,1-2H3,(H,13,15,16). The monoisotopic (exact) mass is 267 g/mol. The van der Waals surface area contributed by atoms with Crippen molar-refractivity contribution in [3.63, 3.8) is 0 Å². The summed E-state index contributed by atoms with van der Waals surface area (Å²) in [6, 6.07) is 0. The van der Waals surface area contributed by atoms with Crippen LogP contribution in [0.4, 0.5) is 18.3 Å².